The van der Waals surface area contributed by atoms with Gasteiger partial charge in [-0.3, -0.25) is 4.79 Å². The minimum absolute atomic E-state index is 0.00498. The second kappa shape index (κ2) is 9.48. The Kier molecular flexibility index (Phi) is 6.63. The number of benzene rings is 2. The molecule has 1 aliphatic heterocycles. The SMILES string of the molecule is COc1ccc(C(=O)Nc2cc3ccc(OC4CCC(OC)C(C)(C)O4)c(C)c3oc2=O)cc1. The molecule has 0 aliphatic carbocycles. The van der Waals surface area contributed by atoms with Crippen LogP contribution in [-0.4, -0.2) is 38.1 Å². The largest absolute Gasteiger partial charge is 0.497 e. The first-order chi connectivity index (χ1) is 16.2. The zero-order chi connectivity index (χ0) is 24.5. The first-order valence-electron chi connectivity index (χ1n) is 11.1. The molecule has 34 heavy (non-hydrogen) atoms. The highest BCUT2D eigenvalue weighted by Crippen LogP contribution is 2.34. The van der Waals surface area contributed by atoms with E-state index in [2.05, 4.69) is 5.32 Å². The van der Waals surface area contributed by atoms with E-state index < -0.39 is 23.4 Å². The van der Waals surface area contributed by atoms with Crippen LogP contribution in [0.4, 0.5) is 5.69 Å². The molecule has 1 aromatic heterocycles. The maximum Gasteiger partial charge on any atom is 0.360 e. The van der Waals surface area contributed by atoms with Crippen molar-refractivity contribution in [3.05, 3.63) is 64.0 Å². The summed E-state index contributed by atoms with van der Waals surface area (Å²) in [4.78, 5) is 25.2. The van der Waals surface area contributed by atoms with Gasteiger partial charge >= 0.3 is 5.63 Å². The zero-order valence-electron chi connectivity index (χ0n) is 20.0. The van der Waals surface area contributed by atoms with Crippen LogP contribution in [0.2, 0.25) is 0 Å². The van der Waals surface area contributed by atoms with Crippen LogP contribution in [0.25, 0.3) is 11.0 Å². The topological polar surface area (TPSA) is 96.2 Å². The molecule has 2 atom stereocenters. The van der Waals surface area contributed by atoms with Crippen molar-refractivity contribution in [3.63, 3.8) is 0 Å². The number of ether oxygens (including phenoxy) is 4. The fraction of sp³-hybridized carbons (Fsp3) is 0.385. The number of fused-ring (bicyclic) bond motifs is 1. The van der Waals surface area contributed by atoms with Crippen LogP contribution < -0.4 is 20.4 Å². The lowest BCUT2D eigenvalue weighted by Crippen LogP contribution is -2.49. The summed E-state index contributed by atoms with van der Waals surface area (Å²) in [5.74, 6) is 0.788. The molecule has 0 radical (unpaired) electrons. The Morgan fingerprint density at radius 3 is 2.47 bits per heavy atom. The molecule has 8 nitrogen and oxygen atoms in total. The number of nitrogens with one attached hydrogen (secondary N) is 1. The van der Waals surface area contributed by atoms with Crippen LogP contribution in [0.5, 0.6) is 11.5 Å². The standard InChI is InChI=1S/C26H29NO7/c1-15-20(32-22-13-12-21(31-5)26(2,3)34-22)11-8-17-14-19(25(29)33-23(15)17)27-24(28)16-6-9-18(30-4)10-7-16/h6-11,14,21-22H,12-13H2,1-5H3,(H,27,28). The molecule has 8 heteroatoms. The summed E-state index contributed by atoms with van der Waals surface area (Å²) in [5.41, 5.74) is 0.405. The summed E-state index contributed by atoms with van der Waals surface area (Å²) in [7, 11) is 3.23. The number of rotatable bonds is 6. The number of hydrogen-bond acceptors (Lipinski definition) is 7. The first-order valence-corrected chi connectivity index (χ1v) is 11.1. The van der Waals surface area contributed by atoms with E-state index in [9.17, 15) is 9.59 Å². The van der Waals surface area contributed by atoms with E-state index in [1.165, 1.54) is 0 Å². The Morgan fingerprint density at radius 2 is 1.82 bits per heavy atom. The summed E-state index contributed by atoms with van der Waals surface area (Å²) in [5, 5.41) is 3.29. The Morgan fingerprint density at radius 1 is 1.09 bits per heavy atom. The van der Waals surface area contributed by atoms with Crippen LogP contribution in [0.15, 0.2) is 51.7 Å². The van der Waals surface area contributed by atoms with Crippen LogP contribution in [0, 0.1) is 6.92 Å². The summed E-state index contributed by atoms with van der Waals surface area (Å²) in [6.07, 6.45) is 1.05. The van der Waals surface area contributed by atoms with Crippen molar-refractivity contribution in [3.8, 4) is 11.5 Å². The molecule has 3 aromatic rings. The van der Waals surface area contributed by atoms with Crippen LogP contribution in [0.3, 0.4) is 0 Å². The second-order valence-electron chi connectivity index (χ2n) is 8.81. The van der Waals surface area contributed by atoms with Gasteiger partial charge in [0.2, 0.25) is 6.29 Å². The summed E-state index contributed by atoms with van der Waals surface area (Å²) in [6, 6.07) is 11.8. The molecule has 2 heterocycles. The monoisotopic (exact) mass is 467 g/mol. The zero-order valence-corrected chi connectivity index (χ0v) is 20.0. The Labute approximate surface area is 197 Å². The van der Waals surface area contributed by atoms with Crippen molar-refractivity contribution >= 4 is 22.6 Å². The van der Waals surface area contributed by atoms with Crippen LogP contribution in [-0.2, 0) is 9.47 Å². The third kappa shape index (κ3) is 4.78. The van der Waals surface area contributed by atoms with Gasteiger partial charge in [0.05, 0.1) is 18.8 Å². The second-order valence-corrected chi connectivity index (χ2v) is 8.81. The fourth-order valence-electron chi connectivity index (χ4n) is 4.19. The maximum atomic E-state index is 12.6. The smallest absolute Gasteiger partial charge is 0.360 e. The Hall–Kier alpha value is -3.36. The average molecular weight is 468 g/mol. The lowest BCUT2D eigenvalue weighted by molar-refractivity contribution is -0.233. The molecule has 0 bridgehead atoms. The van der Waals surface area contributed by atoms with E-state index in [4.69, 9.17) is 23.4 Å². The molecule has 2 unspecified atom stereocenters. The van der Waals surface area contributed by atoms with Gasteiger partial charge in [0.15, 0.2) is 0 Å². The van der Waals surface area contributed by atoms with Gasteiger partial charge in [0, 0.05) is 30.0 Å². The van der Waals surface area contributed by atoms with E-state index in [-0.39, 0.29) is 11.8 Å². The van der Waals surface area contributed by atoms with E-state index in [1.54, 1.807) is 50.6 Å². The molecule has 180 valence electrons. The summed E-state index contributed by atoms with van der Waals surface area (Å²) in [6.45, 7) is 5.78. The minimum atomic E-state index is -0.646. The molecule has 1 saturated heterocycles. The molecule has 2 aromatic carbocycles. The van der Waals surface area contributed by atoms with E-state index in [0.29, 0.717) is 40.0 Å². The molecule has 0 saturated carbocycles. The average Bonchev–Trinajstić information content (AvgIpc) is 2.81. The van der Waals surface area contributed by atoms with Crippen molar-refractivity contribution in [2.75, 3.05) is 19.5 Å². The van der Waals surface area contributed by atoms with E-state index in [1.807, 2.05) is 26.8 Å². The predicted octanol–water partition coefficient (Wildman–Crippen LogP) is 4.67. The third-order valence-corrected chi connectivity index (χ3v) is 6.12. The third-order valence-electron chi connectivity index (χ3n) is 6.12. The van der Waals surface area contributed by atoms with Gasteiger partial charge in [-0.1, -0.05) is 0 Å². The van der Waals surface area contributed by atoms with Gasteiger partial charge in [0.1, 0.15) is 22.8 Å². The lowest BCUT2D eigenvalue weighted by Gasteiger charge is -2.41. The Bertz CT molecular complexity index is 1250. The number of carbonyl (C=O) groups excluding carboxylic acids is 1. The van der Waals surface area contributed by atoms with Crippen molar-refractivity contribution in [1.29, 1.82) is 0 Å². The molecule has 1 aliphatic rings. The van der Waals surface area contributed by atoms with Crippen molar-refractivity contribution < 1.29 is 28.2 Å². The van der Waals surface area contributed by atoms with Crippen LogP contribution >= 0.6 is 0 Å². The number of amides is 1. The van der Waals surface area contributed by atoms with Gasteiger partial charge in [-0.2, -0.15) is 0 Å². The molecule has 1 N–H and O–H groups in total. The lowest BCUT2D eigenvalue weighted by atomic mass is 9.94. The molecular formula is C26H29NO7. The molecular weight excluding hydrogens is 438 g/mol. The minimum Gasteiger partial charge on any atom is -0.497 e. The van der Waals surface area contributed by atoms with Crippen molar-refractivity contribution in [2.45, 2.75) is 51.6 Å². The predicted molar refractivity (Wildman–Crippen MR) is 128 cm³/mol. The van der Waals surface area contributed by atoms with E-state index in [0.717, 1.165) is 6.42 Å². The Balaban J connectivity index is 1.54. The fourth-order valence-corrected chi connectivity index (χ4v) is 4.19. The number of anilines is 1. The molecule has 4 rings (SSSR count). The molecule has 0 spiro atoms. The molecule has 1 amide bonds. The van der Waals surface area contributed by atoms with Gasteiger partial charge in [0.25, 0.3) is 5.91 Å². The summed E-state index contributed by atoms with van der Waals surface area (Å²) >= 11 is 0. The number of hydrogen-bond donors (Lipinski definition) is 1. The highest BCUT2D eigenvalue weighted by Gasteiger charge is 2.39. The van der Waals surface area contributed by atoms with Crippen molar-refractivity contribution in [2.24, 2.45) is 0 Å². The number of aryl methyl sites for hydroxylation is 1. The highest BCUT2D eigenvalue weighted by atomic mass is 16.7. The maximum absolute atomic E-state index is 12.6. The number of carbonyl (C=O) groups is 1. The quantitative estimate of drug-likeness (QED) is 0.526. The van der Waals surface area contributed by atoms with Gasteiger partial charge < -0.3 is 28.7 Å². The van der Waals surface area contributed by atoms with Gasteiger partial charge in [-0.15, -0.1) is 0 Å². The van der Waals surface area contributed by atoms with Crippen LogP contribution in [0.1, 0.15) is 42.6 Å². The summed E-state index contributed by atoms with van der Waals surface area (Å²) < 4.78 is 28.4. The number of methoxy groups -OCH3 is 2. The normalized spacial score (nSPS) is 19.6. The van der Waals surface area contributed by atoms with Crippen molar-refractivity contribution in [1.82, 2.24) is 0 Å². The highest BCUT2D eigenvalue weighted by molar-refractivity contribution is 6.04. The van der Waals surface area contributed by atoms with Gasteiger partial charge in [-0.25, -0.2) is 4.79 Å². The first kappa shape index (κ1) is 23.8. The van der Waals surface area contributed by atoms with Gasteiger partial charge in [-0.05, 0) is 69.7 Å². The van der Waals surface area contributed by atoms with E-state index >= 15 is 0 Å². The molecule has 1 fully saturated rings.